The summed E-state index contributed by atoms with van der Waals surface area (Å²) in [5.74, 6) is -0.517. The van der Waals surface area contributed by atoms with E-state index in [2.05, 4.69) is 20.5 Å². The van der Waals surface area contributed by atoms with Gasteiger partial charge in [-0.15, -0.1) is 0 Å². The van der Waals surface area contributed by atoms with Gasteiger partial charge in [0.1, 0.15) is 5.25 Å². The lowest BCUT2D eigenvalue weighted by atomic mass is 10.1. The number of carbonyl (C=O) groups excluding carboxylic acids is 3. The molecular formula is C23H30N4O3S. The number of likely N-dealkylation sites (tertiary alicyclic amines) is 1. The van der Waals surface area contributed by atoms with Gasteiger partial charge in [-0.2, -0.15) is 4.99 Å². The molecule has 0 bridgehead atoms. The van der Waals surface area contributed by atoms with Gasteiger partial charge in [-0.25, -0.2) is 0 Å². The lowest BCUT2D eigenvalue weighted by molar-refractivity contribution is -0.121. The molecule has 1 aliphatic carbocycles. The van der Waals surface area contributed by atoms with E-state index in [0.717, 1.165) is 43.9 Å². The van der Waals surface area contributed by atoms with Crippen molar-refractivity contribution in [3.05, 3.63) is 29.8 Å². The number of thioether (sulfide) groups is 1. The van der Waals surface area contributed by atoms with Crippen LogP contribution in [0.15, 0.2) is 29.3 Å². The van der Waals surface area contributed by atoms with Crippen molar-refractivity contribution in [1.82, 2.24) is 10.2 Å². The van der Waals surface area contributed by atoms with Crippen LogP contribution >= 0.6 is 11.8 Å². The Morgan fingerprint density at radius 2 is 1.68 bits per heavy atom. The molecule has 1 saturated carbocycles. The SMILES string of the molecule is O=C(CC1SC(N2CCCC2)=NC1=O)Nc1ccc(C(=O)NC2CCCCCC2)cc1. The predicted molar refractivity (Wildman–Crippen MR) is 123 cm³/mol. The number of nitrogens with one attached hydrogen (secondary N) is 2. The molecule has 1 aromatic rings. The Labute approximate surface area is 187 Å². The molecule has 1 unspecified atom stereocenters. The van der Waals surface area contributed by atoms with E-state index in [0.29, 0.717) is 11.3 Å². The van der Waals surface area contributed by atoms with Gasteiger partial charge < -0.3 is 15.5 Å². The Hall–Kier alpha value is -2.35. The molecule has 2 heterocycles. The molecule has 8 heteroatoms. The number of carbonyl (C=O) groups is 3. The van der Waals surface area contributed by atoms with Gasteiger partial charge >= 0.3 is 0 Å². The third kappa shape index (κ3) is 5.87. The van der Waals surface area contributed by atoms with Crippen LogP contribution in [0.3, 0.4) is 0 Å². The lowest BCUT2D eigenvalue weighted by Gasteiger charge is -2.16. The van der Waals surface area contributed by atoms with Crippen molar-refractivity contribution in [2.75, 3.05) is 18.4 Å². The average molecular weight is 443 g/mol. The summed E-state index contributed by atoms with van der Waals surface area (Å²) < 4.78 is 0. The van der Waals surface area contributed by atoms with Crippen molar-refractivity contribution in [2.24, 2.45) is 4.99 Å². The zero-order valence-corrected chi connectivity index (χ0v) is 18.6. The quantitative estimate of drug-likeness (QED) is 0.681. The molecule has 0 spiro atoms. The van der Waals surface area contributed by atoms with Crippen molar-refractivity contribution >= 4 is 40.3 Å². The van der Waals surface area contributed by atoms with E-state index in [4.69, 9.17) is 0 Å². The Morgan fingerprint density at radius 1 is 1.00 bits per heavy atom. The van der Waals surface area contributed by atoms with Crippen molar-refractivity contribution in [3.8, 4) is 0 Å². The largest absolute Gasteiger partial charge is 0.351 e. The van der Waals surface area contributed by atoms with Crippen LogP contribution in [0, 0.1) is 0 Å². The molecule has 4 rings (SSSR count). The highest BCUT2D eigenvalue weighted by molar-refractivity contribution is 8.15. The number of aliphatic imine (C=N–C) groups is 1. The van der Waals surface area contributed by atoms with E-state index in [-0.39, 0.29) is 30.2 Å². The second kappa shape index (κ2) is 10.3. The van der Waals surface area contributed by atoms with Crippen LogP contribution in [-0.4, -0.2) is 52.2 Å². The van der Waals surface area contributed by atoms with E-state index >= 15 is 0 Å². The summed E-state index contributed by atoms with van der Waals surface area (Å²) in [5.41, 5.74) is 1.21. The first-order valence-electron chi connectivity index (χ1n) is 11.3. The van der Waals surface area contributed by atoms with Gasteiger partial charge in [0, 0.05) is 36.8 Å². The summed E-state index contributed by atoms with van der Waals surface area (Å²) >= 11 is 1.39. The smallest absolute Gasteiger partial charge is 0.262 e. The standard InChI is InChI=1S/C23H30N4O3S/c28-20(15-19-22(30)26-23(31-19)27-13-5-6-14-27)24-18-11-9-16(10-12-18)21(29)25-17-7-3-1-2-4-8-17/h9-12,17,19H,1-8,13-15H2,(H,24,28)(H,25,29). The fraction of sp³-hybridized carbons (Fsp3) is 0.565. The summed E-state index contributed by atoms with van der Waals surface area (Å²) in [6.07, 6.45) is 9.25. The van der Waals surface area contributed by atoms with E-state index in [9.17, 15) is 14.4 Å². The Kier molecular flexibility index (Phi) is 7.27. The number of rotatable bonds is 5. The summed E-state index contributed by atoms with van der Waals surface area (Å²) in [6, 6.07) is 7.17. The topological polar surface area (TPSA) is 90.9 Å². The van der Waals surface area contributed by atoms with Crippen LogP contribution in [0.4, 0.5) is 5.69 Å². The van der Waals surface area contributed by atoms with Crippen molar-refractivity contribution in [1.29, 1.82) is 0 Å². The number of hydrogen-bond acceptors (Lipinski definition) is 5. The molecule has 1 aromatic carbocycles. The van der Waals surface area contributed by atoms with Gasteiger partial charge in [-0.1, -0.05) is 37.4 Å². The number of amides is 3. The highest BCUT2D eigenvalue weighted by Crippen LogP contribution is 2.29. The van der Waals surface area contributed by atoms with Crippen LogP contribution in [0.2, 0.25) is 0 Å². The Bertz CT molecular complexity index is 841. The molecule has 3 amide bonds. The zero-order chi connectivity index (χ0) is 21.6. The van der Waals surface area contributed by atoms with E-state index in [1.807, 2.05) is 0 Å². The second-order valence-corrected chi connectivity index (χ2v) is 9.69. The minimum atomic E-state index is -0.458. The number of hydrogen-bond donors (Lipinski definition) is 2. The highest BCUT2D eigenvalue weighted by Gasteiger charge is 2.33. The maximum absolute atomic E-state index is 12.5. The van der Waals surface area contributed by atoms with Gasteiger partial charge in [0.2, 0.25) is 5.91 Å². The summed E-state index contributed by atoms with van der Waals surface area (Å²) in [5, 5.41) is 6.26. The first-order chi connectivity index (χ1) is 15.1. The van der Waals surface area contributed by atoms with E-state index in [1.54, 1.807) is 24.3 Å². The fourth-order valence-electron chi connectivity index (χ4n) is 4.33. The van der Waals surface area contributed by atoms with Gasteiger partial charge in [0.05, 0.1) is 0 Å². The Morgan fingerprint density at radius 3 is 2.35 bits per heavy atom. The summed E-state index contributed by atoms with van der Waals surface area (Å²) in [4.78, 5) is 43.4. The van der Waals surface area contributed by atoms with Gasteiger partial charge in [-0.05, 0) is 49.9 Å². The molecule has 2 fully saturated rings. The molecule has 0 aromatic heterocycles. The number of anilines is 1. The van der Waals surface area contributed by atoms with Crippen molar-refractivity contribution in [2.45, 2.75) is 69.1 Å². The molecule has 1 saturated heterocycles. The molecule has 2 N–H and O–H groups in total. The molecular weight excluding hydrogens is 412 g/mol. The van der Waals surface area contributed by atoms with E-state index in [1.165, 1.54) is 37.4 Å². The number of benzene rings is 1. The first-order valence-corrected chi connectivity index (χ1v) is 12.2. The van der Waals surface area contributed by atoms with Crippen LogP contribution in [-0.2, 0) is 9.59 Å². The molecule has 3 aliphatic rings. The fourth-order valence-corrected chi connectivity index (χ4v) is 5.45. The third-order valence-corrected chi connectivity index (χ3v) is 7.31. The normalized spacial score (nSPS) is 22.2. The van der Waals surface area contributed by atoms with Crippen molar-refractivity contribution < 1.29 is 14.4 Å². The van der Waals surface area contributed by atoms with Crippen LogP contribution in [0.25, 0.3) is 0 Å². The molecule has 7 nitrogen and oxygen atoms in total. The average Bonchev–Trinajstić information content (AvgIpc) is 3.33. The molecule has 1 atom stereocenters. The molecule has 0 radical (unpaired) electrons. The monoisotopic (exact) mass is 442 g/mol. The number of amidine groups is 1. The molecule has 31 heavy (non-hydrogen) atoms. The van der Waals surface area contributed by atoms with E-state index < -0.39 is 5.25 Å². The van der Waals surface area contributed by atoms with Gasteiger partial charge in [0.15, 0.2) is 5.17 Å². The first kappa shape index (κ1) is 21.9. The maximum atomic E-state index is 12.5. The van der Waals surface area contributed by atoms with Gasteiger partial charge in [0.25, 0.3) is 11.8 Å². The zero-order valence-electron chi connectivity index (χ0n) is 17.8. The maximum Gasteiger partial charge on any atom is 0.262 e. The summed E-state index contributed by atoms with van der Waals surface area (Å²) in [6.45, 7) is 1.86. The van der Waals surface area contributed by atoms with Crippen LogP contribution in [0.1, 0.15) is 68.1 Å². The summed E-state index contributed by atoms with van der Waals surface area (Å²) in [7, 11) is 0. The van der Waals surface area contributed by atoms with Crippen molar-refractivity contribution in [3.63, 3.8) is 0 Å². The molecule has 2 aliphatic heterocycles. The number of nitrogens with zero attached hydrogens (tertiary/aromatic N) is 2. The Balaban J connectivity index is 1.25. The predicted octanol–water partition coefficient (Wildman–Crippen LogP) is 3.56. The lowest BCUT2D eigenvalue weighted by Crippen LogP contribution is -2.34. The van der Waals surface area contributed by atoms with Crippen LogP contribution in [0.5, 0.6) is 0 Å². The second-order valence-electron chi connectivity index (χ2n) is 8.52. The third-order valence-electron chi connectivity index (χ3n) is 6.10. The molecule has 166 valence electrons. The van der Waals surface area contributed by atoms with Crippen LogP contribution < -0.4 is 10.6 Å². The van der Waals surface area contributed by atoms with Gasteiger partial charge in [-0.3, -0.25) is 14.4 Å². The minimum Gasteiger partial charge on any atom is -0.351 e. The highest BCUT2D eigenvalue weighted by atomic mass is 32.2. The minimum absolute atomic E-state index is 0.0654.